The van der Waals surface area contributed by atoms with Crippen LogP contribution >= 0.6 is 0 Å². The van der Waals surface area contributed by atoms with Gasteiger partial charge in [-0.05, 0) is 27.2 Å². The molecule has 0 saturated carbocycles. The van der Waals surface area contributed by atoms with Gasteiger partial charge in [-0.25, -0.2) is 0 Å². The quantitative estimate of drug-likeness (QED) is 0.774. The summed E-state index contributed by atoms with van der Waals surface area (Å²) in [7, 11) is 0. The summed E-state index contributed by atoms with van der Waals surface area (Å²) >= 11 is 0. The lowest BCUT2D eigenvalue weighted by Crippen LogP contribution is -2.50. The fraction of sp³-hybridized carbons (Fsp3) is 0.923. The summed E-state index contributed by atoms with van der Waals surface area (Å²) < 4.78 is 11.0. The van der Waals surface area contributed by atoms with Crippen LogP contribution < -0.4 is 0 Å². The van der Waals surface area contributed by atoms with Gasteiger partial charge >= 0.3 is 5.97 Å². The smallest absolute Gasteiger partial charge is 0.308 e. The molecule has 1 heterocycles. The average molecular weight is 244 g/mol. The highest BCUT2D eigenvalue weighted by Crippen LogP contribution is 2.35. The zero-order valence-corrected chi connectivity index (χ0v) is 11.4. The van der Waals surface area contributed by atoms with Crippen molar-refractivity contribution in [3.63, 3.8) is 0 Å². The number of carbonyl (C=O) groups excluding carboxylic acids is 1. The maximum Gasteiger partial charge on any atom is 0.308 e. The third-order valence-corrected chi connectivity index (χ3v) is 3.12. The van der Waals surface area contributed by atoms with Crippen molar-refractivity contribution in [2.75, 3.05) is 0 Å². The minimum absolute atomic E-state index is 0.0918. The lowest BCUT2D eigenvalue weighted by molar-refractivity contribution is -0.291. The Morgan fingerprint density at radius 2 is 2.06 bits per heavy atom. The van der Waals surface area contributed by atoms with Crippen molar-refractivity contribution in [2.45, 2.75) is 71.4 Å². The maximum atomic E-state index is 11.7. The Balaban J connectivity index is 2.63. The average Bonchev–Trinajstić information content (AvgIpc) is 2.11. The van der Waals surface area contributed by atoms with E-state index in [1.807, 2.05) is 27.7 Å². The van der Waals surface area contributed by atoms with Crippen LogP contribution in [0.3, 0.4) is 0 Å². The zero-order chi connectivity index (χ0) is 13.3. The number of esters is 1. The van der Waals surface area contributed by atoms with E-state index in [1.54, 1.807) is 6.92 Å². The summed E-state index contributed by atoms with van der Waals surface area (Å²) in [5.74, 6) is -1.50. The van der Waals surface area contributed by atoms with Crippen molar-refractivity contribution in [3.8, 4) is 0 Å². The van der Waals surface area contributed by atoms with Crippen molar-refractivity contribution in [2.24, 2.45) is 5.92 Å². The molecule has 0 radical (unpaired) electrons. The molecular weight excluding hydrogens is 220 g/mol. The first-order valence-electron chi connectivity index (χ1n) is 6.28. The van der Waals surface area contributed by atoms with Crippen molar-refractivity contribution in [1.82, 2.24) is 0 Å². The maximum absolute atomic E-state index is 11.7. The number of hydrogen-bond donors (Lipinski definition) is 1. The monoisotopic (exact) mass is 244 g/mol. The van der Waals surface area contributed by atoms with Gasteiger partial charge in [0.25, 0.3) is 0 Å². The Labute approximate surface area is 103 Å². The van der Waals surface area contributed by atoms with Crippen LogP contribution in [-0.2, 0) is 14.3 Å². The molecule has 0 amide bonds. The first kappa shape index (κ1) is 14.5. The number of carbonyl (C=O) groups is 1. The van der Waals surface area contributed by atoms with Gasteiger partial charge in [0.1, 0.15) is 6.10 Å². The normalized spacial score (nSPS) is 34.1. The molecule has 0 aromatic rings. The van der Waals surface area contributed by atoms with Crippen molar-refractivity contribution in [1.29, 1.82) is 0 Å². The van der Waals surface area contributed by atoms with E-state index in [0.29, 0.717) is 12.8 Å². The van der Waals surface area contributed by atoms with Crippen LogP contribution in [0.2, 0.25) is 0 Å². The fourth-order valence-corrected chi connectivity index (χ4v) is 2.25. The largest absolute Gasteiger partial charge is 0.462 e. The van der Waals surface area contributed by atoms with Gasteiger partial charge in [-0.3, -0.25) is 4.79 Å². The van der Waals surface area contributed by atoms with E-state index in [-0.39, 0.29) is 18.0 Å². The van der Waals surface area contributed by atoms with Crippen LogP contribution in [0, 0.1) is 5.92 Å². The Kier molecular flexibility index (Phi) is 4.20. The Bertz CT molecular complexity index is 267. The van der Waals surface area contributed by atoms with Gasteiger partial charge in [0, 0.05) is 12.8 Å². The lowest BCUT2D eigenvalue weighted by Gasteiger charge is -2.43. The van der Waals surface area contributed by atoms with Crippen LogP contribution in [0.15, 0.2) is 0 Å². The third-order valence-electron chi connectivity index (χ3n) is 3.12. The molecule has 3 unspecified atom stereocenters. The van der Waals surface area contributed by atoms with Gasteiger partial charge in [-0.15, -0.1) is 0 Å². The topological polar surface area (TPSA) is 55.8 Å². The molecule has 1 aliphatic rings. The highest BCUT2D eigenvalue weighted by Gasteiger charge is 2.42. The minimum Gasteiger partial charge on any atom is -0.462 e. The van der Waals surface area contributed by atoms with E-state index in [0.717, 1.165) is 6.42 Å². The van der Waals surface area contributed by atoms with E-state index in [4.69, 9.17) is 9.47 Å². The second kappa shape index (κ2) is 4.94. The van der Waals surface area contributed by atoms with Gasteiger partial charge in [-0.2, -0.15) is 0 Å². The SMILES string of the molecule is CCC(C)C(=O)OC1CC(C)(C)OC(C)(O)C1. The molecule has 4 heteroatoms. The molecule has 0 bridgehead atoms. The second-order valence-corrected chi connectivity index (χ2v) is 5.81. The van der Waals surface area contributed by atoms with Crippen LogP contribution in [0.25, 0.3) is 0 Å². The molecule has 1 rings (SSSR count). The first-order valence-corrected chi connectivity index (χ1v) is 6.28. The number of rotatable bonds is 3. The Hall–Kier alpha value is -0.610. The van der Waals surface area contributed by atoms with Crippen molar-refractivity contribution in [3.05, 3.63) is 0 Å². The summed E-state index contributed by atoms with van der Waals surface area (Å²) in [6.45, 7) is 9.20. The molecule has 1 aliphatic heterocycles. The Morgan fingerprint density at radius 1 is 1.47 bits per heavy atom. The van der Waals surface area contributed by atoms with E-state index >= 15 is 0 Å². The van der Waals surface area contributed by atoms with Gasteiger partial charge in [0.15, 0.2) is 5.79 Å². The summed E-state index contributed by atoms with van der Waals surface area (Å²) in [6, 6.07) is 0. The molecule has 1 N–H and O–H groups in total. The molecule has 4 nitrogen and oxygen atoms in total. The molecule has 1 fully saturated rings. The molecule has 0 spiro atoms. The number of hydrogen-bond acceptors (Lipinski definition) is 4. The van der Waals surface area contributed by atoms with E-state index in [2.05, 4.69) is 0 Å². The van der Waals surface area contributed by atoms with Crippen LogP contribution in [-0.4, -0.2) is 28.6 Å². The summed E-state index contributed by atoms with van der Waals surface area (Å²) in [4.78, 5) is 11.7. The number of aliphatic hydroxyl groups is 1. The predicted octanol–water partition coefficient (Wildman–Crippen LogP) is 2.24. The summed E-state index contributed by atoms with van der Waals surface area (Å²) in [5, 5.41) is 9.98. The van der Waals surface area contributed by atoms with Crippen molar-refractivity contribution < 1.29 is 19.4 Å². The van der Waals surface area contributed by atoms with E-state index in [1.165, 1.54) is 0 Å². The summed E-state index contributed by atoms with van der Waals surface area (Å²) in [6.07, 6.45) is 1.45. The van der Waals surface area contributed by atoms with Gasteiger partial charge in [0.05, 0.1) is 11.5 Å². The van der Waals surface area contributed by atoms with Gasteiger partial charge < -0.3 is 14.6 Å². The fourth-order valence-electron chi connectivity index (χ4n) is 2.25. The number of ether oxygens (including phenoxy) is 2. The van der Waals surface area contributed by atoms with Gasteiger partial charge in [-0.1, -0.05) is 13.8 Å². The van der Waals surface area contributed by atoms with Crippen molar-refractivity contribution >= 4 is 5.97 Å². The second-order valence-electron chi connectivity index (χ2n) is 5.81. The highest BCUT2D eigenvalue weighted by atomic mass is 16.6. The standard InChI is InChI=1S/C13H24O4/c1-6-9(2)11(14)16-10-7-12(3,4)17-13(5,15)8-10/h9-10,15H,6-8H2,1-5H3. The molecule has 0 aromatic carbocycles. The predicted molar refractivity (Wildman–Crippen MR) is 64.4 cm³/mol. The van der Waals surface area contributed by atoms with Gasteiger partial charge in [0.2, 0.25) is 0 Å². The molecule has 3 atom stereocenters. The Morgan fingerprint density at radius 3 is 2.53 bits per heavy atom. The van der Waals surface area contributed by atoms with E-state index in [9.17, 15) is 9.90 Å². The lowest BCUT2D eigenvalue weighted by atomic mass is 9.91. The summed E-state index contributed by atoms with van der Waals surface area (Å²) in [5.41, 5.74) is -0.470. The molecule has 0 aromatic heterocycles. The minimum atomic E-state index is -1.22. The van der Waals surface area contributed by atoms with Crippen LogP contribution in [0.4, 0.5) is 0 Å². The third kappa shape index (κ3) is 4.28. The van der Waals surface area contributed by atoms with Crippen LogP contribution in [0.5, 0.6) is 0 Å². The molecule has 17 heavy (non-hydrogen) atoms. The highest BCUT2D eigenvalue weighted by molar-refractivity contribution is 5.72. The van der Waals surface area contributed by atoms with E-state index < -0.39 is 11.4 Å². The molecule has 0 aliphatic carbocycles. The molecular formula is C13H24O4. The molecule has 100 valence electrons. The van der Waals surface area contributed by atoms with Crippen LogP contribution in [0.1, 0.15) is 53.9 Å². The molecule has 1 saturated heterocycles. The zero-order valence-electron chi connectivity index (χ0n) is 11.4. The first-order chi connectivity index (χ1) is 7.65.